The summed E-state index contributed by atoms with van der Waals surface area (Å²) in [5.41, 5.74) is 0.747. The number of hydrogen-bond donors (Lipinski definition) is 2. The summed E-state index contributed by atoms with van der Waals surface area (Å²) >= 11 is 0. The van der Waals surface area contributed by atoms with E-state index in [2.05, 4.69) is 5.32 Å². The third-order valence-corrected chi connectivity index (χ3v) is 3.05. The van der Waals surface area contributed by atoms with Crippen LogP contribution in [0.3, 0.4) is 0 Å². The fraction of sp³-hybridized carbons (Fsp3) is 0.500. The number of carbonyl (C=O) groups is 1. The lowest BCUT2D eigenvalue weighted by atomic mass is 10.1. The number of likely N-dealkylation sites (N-methyl/N-ethyl adjacent to an activating group) is 1. The van der Waals surface area contributed by atoms with Gasteiger partial charge in [-0.3, -0.25) is 0 Å². The number of nitrogens with one attached hydrogen (secondary N) is 1. The monoisotopic (exact) mass is 284 g/mol. The minimum atomic E-state index is -0.440. The van der Waals surface area contributed by atoms with Gasteiger partial charge in [-0.05, 0) is 31.5 Å². The largest absolute Gasteiger partial charge is 0.494 e. The first-order chi connectivity index (χ1) is 9.53. The number of aliphatic hydroxyl groups is 1. The Balaban J connectivity index is 2.75. The van der Waals surface area contributed by atoms with Gasteiger partial charge in [0.1, 0.15) is 0 Å². The molecule has 0 aromatic heterocycles. The molecule has 1 aromatic carbocycles. The number of rotatable bonds is 6. The lowest BCUT2D eigenvalue weighted by molar-refractivity contribution is 0.178. The highest BCUT2D eigenvalue weighted by Gasteiger charge is 2.16. The van der Waals surface area contributed by atoms with Gasteiger partial charge in [-0.1, -0.05) is 6.07 Å². The van der Waals surface area contributed by atoms with Gasteiger partial charge in [0.2, 0.25) is 0 Å². The molecule has 1 rings (SSSR count). The number of carbonyl (C=O) groups excluding carboxylic acids is 1. The molecule has 1 atom stereocenters. The minimum absolute atomic E-state index is 0.0833. The Bertz CT molecular complexity index is 454. The molecule has 0 spiro atoms. The maximum Gasteiger partial charge on any atom is 0.317 e. The molecule has 0 fully saturated rings. The van der Waals surface area contributed by atoms with Gasteiger partial charge in [-0.25, -0.2) is 9.18 Å². The van der Waals surface area contributed by atoms with E-state index in [1.165, 1.54) is 18.1 Å². The molecule has 1 unspecified atom stereocenters. The molecule has 6 heteroatoms. The van der Waals surface area contributed by atoms with E-state index < -0.39 is 5.82 Å². The quantitative estimate of drug-likeness (QED) is 0.839. The van der Waals surface area contributed by atoms with Crippen LogP contribution < -0.4 is 10.1 Å². The highest BCUT2D eigenvalue weighted by molar-refractivity contribution is 5.74. The van der Waals surface area contributed by atoms with Crippen molar-refractivity contribution in [3.63, 3.8) is 0 Å². The Morgan fingerprint density at radius 3 is 2.80 bits per heavy atom. The molecular formula is C14H21FN2O3. The predicted octanol–water partition coefficient (Wildman–Crippen LogP) is 1.92. The predicted molar refractivity (Wildman–Crippen MR) is 74.2 cm³/mol. The Hall–Kier alpha value is -1.82. The average molecular weight is 284 g/mol. The van der Waals surface area contributed by atoms with Gasteiger partial charge >= 0.3 is 6.03 Å². The SMILES string of the molecule is CCN(CCO)C(=O)NC(C)c1ccc(F)c(OC)c1. The average Bonchev–Trinajstić information content (AvgIpc) is 2.44. The van der Waals surface area contributed by atoms with Gasteiger partial charge in [0.15, 0.2) is 11.6 Å². The van der Waals surface area contributed by atoms with Crippen molar-refractivity contribution in [1.29, 1.82) is 0 Å². The summed E-state index contributed by atoms with van der Waals surface area (Å²) in [5.74, 6) is -0.295. The molecule has 0 heterocycles. The van der Waals surface area contributed by atoms with Gasteiger partial charge in [-0.2, -0.15) is 0 Å². The summed E-state index contributed by atoms with van der Waals surface area (Å²) in [6.07, 6.45) is 0. The van der Waals surface area contributed by atoms with Crippen molar-refractivity contribution in [3.05, 3.63) is 29.6 Å². The molecule has 1 aromatic rings. The van der Waals surface area contributed by atoms with Crippen LogP contribution in [-0.4, -0.2) is 42.8 Å². The van der Waals surface area contributed by atoms with E-state index in [1.54, 1.807) is 19.1 Å². The summed E-state index contributed by atoms with van der Waals surface area (Å²) in [6, 6.07) is 3.91. The number of benzene rings is 1. The molecule has 2 amide bonds. The molecule has 0 aliphatic rings. The lowest BCUT2D eigenvalue weighted by Gasteiger charge is -2.23. The van der Waals surface area contributed by atoms with Gasteiger partial charge in [0, 0.05) is 13.1 Å². The van der Waals surface area contributed by atoms with E-state index in [1.807, 2.05) is 6.92 Å². The number of urea groups is 1. The Morgan fingerprint density at radius 2 is 2.25 bits per heavy atom. The van der Waals surface area contributed by atoms with E-state index in [0.717, 1.165) is 5.56 Å². The van der Waals surface area contributed by atoms with Crippen LogP contribution in [0.5, 0.6) is 5.75 Å². The smallest absolute Gasteiger partial charge is 0.317 e. The van der Waals surface area contributed by atoms with E-state index >= 15 is 0 Å². The minimum Gasteiger partial charge on any atom is -0.494 e. The number of aliphatic hydroxyl groups excluding tert-OH is 1. The van der Waals surface area contributed by atoms with Crippen LogP contribution in [0.1, 0.15) is 25.5 Å². The van der Waals surface area contributed by atoms with E-state index in [9.17, 15) is 9.18 Å². The van der Waals surface area contributed by atoms with Crippen molar-refractivity contribution in [1.82, 2.24) is 10.2 Å². The Labute approximate surface area is 118 Å². The van der Waals surface area contributed by atoms with Gasteiger partial charge < -0.3 is 20.1 Å². The topological polar surface area (TPSA) is 61.8 Å². The standard InChI is InChI=1S/C14H21FN2O3/c1-4-17(7-8-18)14(19)16-10(2)11-5-6-12(15)13(9-11)20-3/h5-6,9-10,18H,4,7-8H2,1-3H3,(H,16,19). The molecule has 0 saturated carbocycles. The van der Waals surface area contributed by atoms with Crippen LogP contribution in [0, 0.1) is 5.82 Å². The summed E-state index contributed by atoms with van der Waals surface area (Å²) < 4.78 is 18.2. The molecule has 0 aliphatic carbocycles. The van der Waals surface area contributed by atoms with E-state index in [-0.39, 0.29) is 31.0 Å². The number of nitrogens with zero attached hydrogens (tertiary/aromatic N) is 1. The number of halogens is 1. The fourth-order valence-electron chi connectivity index (χ4n) is 1.83. The molecule has 5 nitrogen and oxygen atoms in total. The Kier molecular flexibility index (Phi) is 6.24. The molecular weight excluding hydrogens is 263 g/mol. The van der Waals surface area contributed by atoms with Gasteiger partial charge in [0.05, 0.1) is 19.8 Å². The normalized spacial score (nSPS) is 11.8. The van der Waals surface area contributed by atoms with Crippen molar-refractivity contribution in [2.24, 2.45) is 0 Å². The third-order valence-electron chi connectivity index (χ3n) is 3.05. The van der Waals surface area contributed by atoms with Crippen molar-refractivity contribution >= 4 is 6.03 Å². The highest BCUT2D eigenvalue weighted by atomic mass is 19.1. The highest BCUT2D eigenvalue weighted by Crippen LogP contribution is 2.22. The molecule has 0 aliphatic heterocycles. The maximum absolute atomic E-state index is 13.3. The van der Waals surface area contributed by atoms with Crippen LogP contribution in [0.4, 0.5) is 9.18 Å². The number of methoxy groups -OCH3 is 1. The van der Waals surface area contributed by atoms with Crippen molar-refractivity contribution in [2.45, 2.75) is 19.9 Å². The fourth-order valence-corrected chi connectivity index (χ4v) is 1.83. The zero-order chi connectivity index (χ0) is 15.1. The van der Waals surface area contributed by atoms with Crippen molar-refractivity contribution < 1.29 is 19.0 Å². The molecule has 0 saturated heterocycles. The van der Waals surface area contributed by atoms with Crippen LogP contribution in [0.25, 0.3) is 0 Å². The Morgan fingerprint density at radius 1 is 1.55 bits per heavy atom. The lowest BCUT2D eigenvalue weighted by Crippen LogP contribution is -2.42. The molecule has 0 radical (unpaired) electrons. The van der Waals surface area contributed by atoms with Gasteiger partial charge in [-0.15, -0.1) is 0 Å². The second-order valence-corrected chi connectivity index (χ2v) is 4.37. The number of amides is 2. The number of hydrogen-bond acceptors (Lipinski definition) is 3. The first-order valence-corrected chi connectivity index (χ1v) is 6.53. The van der Waals surface area contributed by atoms with Crippen LogP contribution in [0.2, 0.25) is 0 Å². The zero-order valence-electron chi connectivity index (χ0n) is 12.0. The molecule has 112 valence electrons. The summed E-state index contributed by atoms with van der Waals surface area (Å²) in [6.45, 7) is 4.34. The molecule has 0 bridgehead atoms. The first-order valence-electron chi connectivity index (χ1n) is 6.53. The summed E-state index contributed by atoms with van der Waals surface area (Å²) in [5, 5.41) is 11.7. The first kappa shape index (κ1) is 16.2. The number of ether oxygens (including phenoxy) is 1. The maximum atomic E-state index is 13.3. The zero-order valence-corrected chi connectivity index (χ0v) is 12.0. The summed E-state index contributed by atoms with van der Waals surface area (Å²) in [7, 11) is 1.39. The van der Waals surface area contributed by atoms with Crippen LogP contribution in [-0.2, 0) is 0 Å². The third kappa shape index (κ3) is 4.09. The summed E-state index contributed by atoms with van der Waals surface area (Å²) in [4.78, 5) is 13.5. The van der Waals surface area contributed by atoms with Gasteiger partial charge in [0.25, 0.3) is 0 Å². The van der Waals surface area contributed by atoms with Crippen LogP contribution in [0.15, 0.2) is 18.2 Å². The second kappa shape index (κ2) is 7.69. The molecule has 20 heavy (non-hydrogen) atoms. The molecule has 2 N–H and O–H groups in total. The van der Waals surface area contributed by atoms with Crippen molar-refractivity contribution in [2.75, 3.05) is 26.8 Å². The van der Waals surface area contributed by atoms with Crippen LogP contribution >= 0.6 is 0 Å². The second-order valence-electron chi connectivity index (χ2n) is 4.37. The van der Waals surface area contributed by atoms with Crippen molar-refractivity contribution in [3.8, 4) is 5.75 Å². The van der Waals surface area contributed by atoms with E-state index in [4.69, 9.17) is 9.84 Å². The van der Waals surface area contributed by atoms with E-state index in [0.29, 0.717) is 6.54 Å².